The van der Waals surface area contributed by atoms with E-state index >= 15 is 0 Å². The SMILES string of the molecule is CCOC(=O)c1cc(C#N)c(N2CCC(C(=O)NS(=O)(=O)Cc3cc(C)ccc3F)CC2)nc1C. The van der Waals surface area contributed by atoms with Crippen molar-refractivity contribution in [3.05, 3.63) is 58.0 Å². The summed E-state index contributed by atoms with van der Waals surface area (Å²) < 4.78 is 46.0. The highest BCUT2D eigenvalue weighted by molar-refractivity contribution is 7.89. The Balaban J connectivity index is 1.66. The number of carbonyl (C=O) groups is 2. The number of rotatable bonds is 7. The number of piperidine rings is 1. The van der Waals surface area contributed by atoms with Crippen molar-refractivity contribution in [2.75, 3.05) is 24.6 Å². The van der Waals surface area contributed by atoms with Gasteiger partial charge in [-0.3, -0.25) is 9.52 Å². The van der Waals surface area contributed by atoms with Crippen molar-refractivity contribution in [1.29, 1.82) is 5.26 Å². The van der Waals surface area contributed by atoms with Crippen LogP contribution in [-0.4, -0.2) is 45.0 Å². The first-order chi connectivity index (χ1) is 16.5. The summed E-state index contributed by atoms with van der Waals surface area (Å²) in [7, 11) is -4.07. The van der Waals surface area contributed by atoms with E-state index in [0.29, 0.717) is 43.0 Å². The van der Waals surface area contributed by atoms with E-state index in [4.69, 9.17) is 4.74 Å². The van der Waals surface area contributed by atoms with Crippen LogP contribution in [0.25, 0.3) is 0 Å². The lowest BCUT2D eigenvalue weighted by atomic mass is 9.96. The fourth-order valence-electron chi connectivity index (χ4n) is 3.98. The van der Waals surface area contributed by atoms with Gasteiger partial charge < -0.3 is 9.64 Å². The van der Waals surface area contributed by atoms with Gasteiger partial charge in [0.15, 0.2) is 0 Å². The number of pyridine rings is 1. The molecule has 11 heteroatoms. The maximum Gasteiger partial charge on any atom is 0.340 e. The number of anilines is 1. The van der Waals surface area contributed by atoms with Crippen molar-refractivity contribution < 1.29 is 27.1 Å². The lowest BCUT2D eigenvalue weighted by Crippen LogP contribution is -2.43. The van der Waals surface area contributed by atoms with E-state index in [2.05, 4.69) is 15.8 Å². The Morgan fingerprint density at radius 3 is 2.57 bits per heavy atom. The smallest absolute Gasteiger partial charge is 0.340 e. The standard InChI is InChI=1S/C24H27FN4O5S/c1-4-34-24(31)20-12-18(13-26)22(27-16(20)3)29-9-7-17(8-10-29)23(30)28-35(32,33)14-19-11-15(2)5-6-21(19)25/h5-6,11-12,17H,4,7-10,14H2,1-3H3,(H,28,30). The third kappa shape index (κ3) is 6.33. The number of halogens is 1. The van der Waals surface area contributed by atoms with Crippen LogP contribution in [0.2, 0.25) is 0 Å². The van der Waals surface area contributed by atoms with Gasteiger partial charge in [0.2, 0.25) is 15.9 Å². The molecule has 0 saturated carbocycles. The number of aryl methyl sites for hydroxylation is 2. The van der Waals surface area contributed by atoms with Crippen LogP contribution in [0.1, 0.15) is 52.5 Å². The van der Waals surface area contributed by atoms with Gasteiger partial charge in [-0.05, 0) is 45.7 Å². The van der Waals surface area contributed by atoms with Gasteiger partial charge in [0.05, 0.1) is 29.2 Å². The Bertz CT molecular complexity index is 1280. The van der Waals surface area contributed by atoms with E-state index in [9.17, 15) is 27.7 Å². The van der Waals surface area contributed by atoms with Gasteiger partial charge >= 0.3 is 5.97 Å². The molecule has 3 rings (SSSR count). The molecule has 186 valence electrons. The Morgan fingerprint density at radius 2 is 1.94 bits per heavy atom. The quantitative estimate of drug-likeness (QED) is 0.572. The molecule has 1 amide bonds. The average Bonchev–Trinajstić information content (AvgIpc) is 2.81. The molecule has 1 fully saturated rings. The molecular formula is C24H27FN4O5S. The first kappa shape index (κ1) is 26.1. The number of esters is 1. The minimum Gasteiger partial charge on any atom is -0.462 e. The largest absolute Gasteiger partial charge is 0.462 e. The molecule has 0 atom stereocenters. The van der Waals surface area contributed by atoms with Gasteiger partial charge in [-0.1, -0.05) is 17.7 Å². The molecule has 1 aliphatic heterocycles. The third-order valence-electron chi connectivity index (χ3n) is 5.78. The molecule has 2 aromatic rings. The highest BCUT2D eigenvalue weighted by atomic mass is 32.2. The second kappa shape index (κ2) is 10.8. The summed E-state index contributed by atoms with van der Waals surface area (Å²) in [6, 6.07) is 7.67. The number of aromatic nitrogens is 1. The van der Waals surface area contributed by atoms with Crippen molar-refractivity contribution in [1.82, 2.24) is 9.71 Å². The van der Waals surface area contributed by atoms with Crippen molar-refractivity contribution in [3.8, 4) is 6.07 Å². The van der Waals surface area contributed by atoms with Crippen molar-refractivity contribution in [2.24, 2.45) is 5.92 Å². The summed E-state index contributed by atoms with van der Waals surface area (Å²) >= 11 is 0. The first-order valence-corrected chi connectivity index (χ1v) is 12.8. The van der Waals surface area contributed by atoms with Crippen LogP contribution in [-0.2, 0) is 25.3 Å². The summed E-state index contributed by atoms with van der Waals surface area (Å²) in [5, 5.41) is 9.58. The molecule has 0 radical (unpaired) electrons. The van der Waals surface area contributed by atoms with Gasteiger partial charge in [0.25, 0.3) is 0 Å². The maximum atomic E-state index is 14.0. The Labute approximate surface area is 204 Å². The monoisotopic (exact) mass is 502 g/mol. The second-order valence-electron chi connectivity index (χ2n) is 8.41. The number of sulfonamides is 1. The van der Waals surface area contributed by atoms with Gasteiger partial charge in [-0.25, -0.2) is 22.6 Å². The normalized spacial score (nSPS) is 14.3. The summed E-state index contributed by atoms with van der Waals surface area (Å²) in [6.45, 7) is 5.99. The lowest BCUT2D eigenvalue weighted by molar-refractivity contribution is -0.123. The van der Waals surface area contributed by atoms with Crippen LogP contribution in [0.5, 0.6) is 0 Å². The number of hydrogen-bond donors (Lipinski definition) is 1. The fraction of sp³-hybridized carbons (Fsp3) is 0.417. The summed E-state index contributed by atoms with van der Waals surface area (Å²) in [5.74, 6) is -2.63. The first-order valence-electron chi connectivity index (χ1n) is 11.2. The summed E-state index contributed by atoms with van der Waals surface area (Å²) in [5.41, 5.74) is 1.57. The summed E-state index contributed by atoms with van der Waals surface area (Å²) in [6.07, 6.45) is 0.677. The van der Waals surface area contributed by atoms with E-state index in [-0.39, 0.29) is 23.3 Å². The number of benzene rings is 1. The van der Waals surface area contributed by atoms with Crippen molar-refractivity contribution in [3.63, 3.8) is 0 Å². The topological polar surface area (TPSA) is 129 Å². The van der Waals surface area contributed by atoms with E-state index in [1.54, 1.807) is 20.8 Å². The third-order valence-corrected chi connectivity index (χ3v) is 6.98. The maximum absolute atomic E-state index is 14.0. The zero-order chi connectivity index (χ0) is 25.8. The molecule has 1 aromatic heterocycles. The number of amides is 1. The van der Waals surface area contributed by atoms with Crippen LogP contribution < -0.4 is 9.62 Å². The number of nitriles is 1. The molecule has 1 aliphatic rings. The van der Waals surface area contributed by atoms with Gasteiger partial charge in [0, 0.05) is 24.6 Å². The van der Waals surface area contributed by atoms with Crippen LogP contribution in [0.15, 0.2) is 24.3 Å². The van der Waals surface area contributed by atoms with Crippen molar-refractivity contribution in [2.45, 2.75) is 39.4 Å². The summed E-state index contributed by atoms with van der Waals surface area (Å²) in [4.78, 5) is 31.0. The molecular weight excluding hydrogens is 475 g/mol. The molecule has 2 heterocycles. The average molecular weight is 503 g/mol. The van der Waals surface area contributed by atoms with E-state index in [1.165, 1.54) is 24.3 Å². The molecule has 0 spiro atoms. The molecule has 1 aromatic carbocycles. The van der Waals surface area contributed by atoms with E-state index in [0.717, 1.165) is 0 Å². The molecule has 1 saturated heterocycles. The Kier molecular flexibility index (Phi) is 8.07. The van der Waals surface area contributed by atoms with Crippen LogP contribution in [0, 0.1) is 36.9 Å². The lowest BCUT2D eigenvalue weighted by Gasteiger charge is -2.32. The Morgan fingerprint density at radius 1 is 1.26 bits per heavy atom. The number of hydrogen-bond acceptors (Lipinski definition) is 8. The predicted molar refractivity (Wildman–Crippen MR) is 126 cm³/mol. The number of carbonyl (C=O) groups excluding carboxylic acids is 2. The number of ether oxygens (including phenoxy) is 1. The zero-order valence-corrected chi connectivity index (χ0v) is 20.6. The van der Waals surface area contributed by atoms with Crippen LogP contribution >= 0.6 is 0 Å². The van der Waals surface area contributed by atoms with Crippen LogP contribution in [0.3, 0.4) is 0 Å². The zero-order valence-electron chi connectivity index (χ0n) is 19.8. The fourth-order valence-corrected chi connectivity index (χ4v) is 5.15. The molecule has 0 unspecified atom stereocenters. The highest BCUT2D eigenvalue weighted by Gasteiger charge is 2.30. The van der Waals surface area contributed by atoms with Crippen molar-refractivity contribution >= 4 is 27.7 Å². The molecule has 0 bridgehead atoms. The van der Waals surface area contributed by atoms with E-state index in [1.807, 2.05) is 4.90 Å². The predicted octanol–water partition coefficient (Wildman–Crippen LogP) is 2.75. The molecule has 35 heavy (non-hydrogen) atoms. The molecule has 1 N–H and O–H groups in total. The minimum absolute atomic E-state index is 0.00291. The van der Waals surface area contributed by atoms with Gasteiger partial charge in [-0.2, -0.15) is 5.26 Å². The van der Waals surface area contributed by atoms with Gasteiger partial charge in [0.1, 0.15) is 17.7 Å². The molecule has 9 nitrogen and oxygen atoms in total. The van der Waals surface area contributed by atoms with Gasteiger partial charge in [-0.15, -0.1) is 0 Å². The highest BCUT2D eigenvalue weighted by Crippen LogP contribution is 2.27. The van der Waals surface area contributed by atoms with E-state index < -0.39 is 39.4 Å². The second-order valence-corrected chi connectivity index (χ2v) is 10.1. The minimum atomic E-state index is -4.07. The molecule has 0 aliphatic carbocycles. The number of nitrogens with zero attached hydrogens (tertiary/aromatic N) is 3. The van der Waals surface area contributed by atoms with Crippen LogP contribution in [0.4, 0.5) is 10.2 Å². The number of nitrogens with one attached hydrogen (secondary N) is 1. The Hall–Kier alpha value is -3.52.